The van der Waals surface area contributed by atoms with E-state index in [-0.39, 0.29) is 5.91 Å². The van der Waals surface area contributed by atoms with E-state index in [1.807, 2.05) is 17.8 Å². The second-order valence-corrected chi connectivity index (χ2v) is 10.9. The van der Waals surface area contributed by atoms with E-state index < -0.39 is 0 Å². The topological polar surface area (TPSA) is 35.6 Å². The molecule has 1 saturated heterocycles. The number of likely N-dealkylation sites (tertiary alicyclic amines) is 1. The van der Waals surface area contributed by atoms with Gasteiger partial charge in [-0.2, -0.15) is 0 Å². The Labute approximate surface area is 197 Å². The van der Waals surface area contributed by atoms with Crippen LogP contribution in [0.4, 0.5) is 5.69 Å². The molecule has 0 unspecified atom stereocenters. The first kappa shape index (κ1) is 23.2. The van der Waals surface area contributed by atoms with Gasteiger partial charge in [-0.25, -0.2) is 0 Å². The van der Waals surface area contributed by atoms with Crippen molar-refractivity contribution in [3.63, 3.8) is 0 Å². The molecule has 5 heteroatoms. The van der Waals surface area contributed by atoms with Crippen molar-refractivity contribution in [1.29, 1.82) is 0 Å². The van der Waals surface area contributed by atoms with Crippen molar-refractivity contribution < 1.29 is 4.79 Å². The van der Waals surface area contributed by atoms with Crippen LogP contribution in [0.15, 0.2) is 47.4 Å². The molecule has 2 heterocycles. The Hall–Kier alpha value is -1.98. The fraction of sp³-hybridized carbons (Fsp3) is 0.519. The molecule has 1 amide bonds. The minimum absolute atomic E-state index is 0.0408. The largest absolute Gasteiger partial charge is 0.365 e. The van der Waals surface area contributed by atoms with Crippen LogP contribution in [-0.4, -0.2) is 49.3 Å². The van der Waals surface area contributed by atoms with Crippen molar-refractivity contribution >= 4 is 23.4 Å². The summed E-state index contributed by atoms with van der Waals surface area (Å²) < 4.78 is 0. The third-order valence-electron chi connectivity index (χ3n) is 6.56. The molecule has 1 fully saturated rings. The summed E-state index contributed by atoms with van der Waals surface area (Å²) in [5.41, 5.74) is 4.54. The lowest BCUT2D eigenvalue weighted by atomic mass is 9.92. The van der Waals surface area contributed by atoms with E-state index in [0.717, 1.165) is 55.8 Å². The van der Waals surface area contributed by atoms with Gasteiger partial charge in [0.15, 0.2) is 0 Å². The van der Waals surface area contributed by atoms with Crippen molar-refractivity contribution in [3.8, 4) is 0 Å². The summed E-state index contributed by atoms with van der Waals surface area (Å²) in [6.07, 6.45) is 2.34. The van der Waals surface area contributed by atoms with Gasteiger partial charge in [0, 0.05) is 48.9 Å². The Kier molecular flexibility index (Phi) is 7.80. The number of carbonyl (C=O) groups is 1. The van der Waals surface area contributed by atoms with Crippen LogP contribution in [0.25, 0.3) is 0 Å². The molecular weight excluding hydrogens is 414 g/mol. The van der Waals surface area contributed by atoms with Crippen LogP contribution in [0.3, 0.4) is 0 Å². The Bertz CT molecular complexity index is 904. The summed E-state index contributed by atoms with van der Waals surface area (Å²) in [5, 5.41) is 3.15. The van der Waals surface area contributed by atoms with Gasteiger partial charge in [0.1, 0.15) is 0 Å². The average molecular weight is 452 g/mol. The van der Waals surface area contributed by atoms with Crippen LogP contribution in [-0.2, 0) is 6.54 Å². The summed E-state index contributed by atoms with van der Waals surface area (Å²) in [7, 11) is 0. The van der Waals surface area contributed by atoms with Crippen LogP contribution in [0.2, 0.25) is 0 Å². The van der Waals surface area contributed by atoms with Crippen molar-refractivity contribution in [3.05, 3.63) is 59.2 Å². The smallest absolute Gasteiger partial charge is 0.251 e. The molecule has 4 nitrogen and oxygen atoms in total. The van der Waals surface area contributed by atoms with Crippen molar-refractivity contribution in [2.45, 2.75) is 45.1 Å². The molecule has 0 aromatic heterocycles. The molecule has 32 heavy (non-hydrogen) atoms. The van der Waals surface area contributed by atoms with Gasteiger partial charge in [-0.15, -0.1) is 11.8 Å². The van der Waals surface area contributed by atoms with Gasteiger partial charge in [0.05, 0.1) is 5.69 Å². The zero-order chi connectivity index (χ0) is 22.5. The Morgan fingerprint density at radius 2 is 1.84 bits per heavy atom. The molecule has 0 radical (unpaired) electrons. The van der Waals surface area contributed by atoms with Gasteiger partial charge in [-0.1, -0.05) is 43.7 Å². The maximum Gasteiger partial charge on any atom is 0.251 e. The van der Waals surface area contributed by atoms with Crippen LogP contribution in [0, 0.1) is 18.8 Å². The number of anilines is 1. The second-order valence-electron chi connectivity index (χ2n) is 9.75. The van der Waals surface area contributed by atoms with Crippen molar-refractivity contribution in [2.24, 2.45) is 11.8 Å². The fourth-order valence-electron chi connectivity index (χ4n) is 5.07. The monoisotopic (exact) mass is 451 g/mol. The lowest BCUT2D eigenvalue weighted by Gasteiger charge is -2.34. The molecule has 2 aliphatic rings. The summed E-state index contributed by atoms with van der Waals surface area (Å²) in [6, 6.07) is 14.9. The number of piperidine rings is 1. The van der Waals surface area contributed by atoms with E-state index in [9.17, 15) is 4.79 Å². The van der Waals surface area contributed by atoms with Crippen molar-refractivity contribution in [2.75, 3.05) is 43.4 Å². The van der Waals surface area contributed by atoms with E-state index in [4.69, 9.17) is 0 Å². The van der Waals surface area contributed by atoms with Crippen LogP contribution < -0.4 is 10.2 Å². The first-order valence-corrected chi connectivity index (χ1v) is 13.0. The highest BCUT2D eigenvalue weighted by Gasteiger charge is 2.22. The summed E-state index contributed by atoms with van der Waals surface area (Å²) in [5.74, 6) is 2.69. The molecule has 1 N–H and O–H groups in total. The van der Waals surface area contributed by atoms with Gasteiger partial charge in [0.2, 0.25) is 0 Å². The van der Waals surface area contributed by atoms with Gasteiger partial charge < -0.3 is 15.1 Å². The highest BCUT2D eigenvalue weighted by atomic mass is 32.2. The molecule has 2 aromatic carbocycles. The number of benzene rings is 2. The molecule has 2 aliphatic heterocycles. The highest BCUT2D eigenvalue weighted by Crippen LogP contribution is 2.36. The molecular formula is C27H37N3OS. The van der Waals surface area contributed by atoms with E-state index in [1.54, 1.807) is 0 Å². The maximum atomic E-state index is 12.8. The first-order valence-electron chi connectivity index (χ1n) is 12.1. The van der Waals surface area contributed by atoms with E-state index in [1.165, 1.54) is 41.2 Å². The molecule has 2 aromatic rings. The zero-order valence-corrected chi connectivity index (χ0v) is 20.6. The predicted molar refractivity (Wildman–Crippen MR) is 136 cm³/mol. The van der Waals surface area contributed by atoms with E-state index in [0.29, 0.717) is 0 Å². The van der Waals surface area contributed by atoms with E-state index >= 15 is 0 Å². The number of hydrogen-bond acceptors (Lipinski definition) is 4. The molecule has 0 saturated carbocycles. The number of nitrogens with one attached hydrogen (secondary N) is 1. The summed E-state index contributed by atoms with van der Waals surface area (Å²) >= 11 is 1.88. The minimum atomic E-state index is 0.0408. The summed E-state index contributed by atoms with van der Waals surface area (Å²) in [6.45, 7) is 12.9. The van der Waals surface area contributed by atoms with Gasteiger partial charge in [0.25, 0.3) is 5.91 Å². The number of rotatable bonds is 7. The fourth-order valence-corrected chi connectivity index (χ4v) is 6.11. The normalized spacial score (nSPS) is 21.3. The lowest BCUT2D eigenvalue weighted by Crippen LogP contribution is -2.40. The molecule has 0 aliphatic carbocycles. The number of hydrogen-bond donors (Lipinski definition) is 1. The highest BCUT2D eigenvalue weighted by molar-refractivity contribution is 7.99. The lowest BCUT2D eigenvalue weighted by molar-refractivity contribution is 0.0947. The second kappa shape index (κ2) is 10.8. The summed E-state index contributed by atoms with van der Waals surface area (Å²) in [4.78, 5) is 19.1. The number of fused-ring (bicyclic) bond motifs is 1. The average Bonchev–Trinajstić information content (AvgIpc) is 2.77. The van der Waals surface area contributed by atoms with Gasteiger partial charge >= 0.3 is 0 Å². The van der Waals surface area contributed by atoms with Gasteiger partial charge in [-0.3, -0.25) is 4.79 Å². The molecule has 0 spiro atoms. The molecule has 2 atom stereocenters. The Balaban J connectivity index is 1.33. The SMILES string of the molecule is Cc1ccc(CN2CCSc3ccc(C(=O)NCCCN4C[C@H](C)C[C@@H](C)C4)cc32)cc1. The van der Waals surface area contributed by atoms with Crippen LogP contribution in [0.1, 0.15) is 48.2 Å². The molecule has 0 bridgehead atoms. The third-order valence-corrected chi connectivity index (χ3v) is 7.60. The number of nitrogens with zero attached hydrogens (tertiary/aromatic N) is 2. The van der Waals surface area contributed by atoms with Crippen LogP contribution in [0.5, 0.6) is 0 Å². The van der Waals surface area contributed by atoms with E-state index in [2.05, 4.69) is 72.3 Å². The number of thioether (sulfide) groups is 1. The number of carbonyl (C=O) groups excluding carboxylic acids is 1. The third kappa shape index (κ3) is 6.08. The van der Waals surface area contributed by atoms with Crippen molar-refractivity contribution in [1.82, 2.24) is 10.2 Å². The zero-order valence-electron chi connectivity index (χ0n) is 19.8. The molecule has 4 rings (SSSR count). The minimum Gasteiger partial charge on any atom is -0.365 e. The quantitative estimate of drug-likeness (QED) is 0.587. The molecule has 172 valence electrons. The van der Waals surface area contributed by atoms with Gasteiger partial charge in [-0.05, 0) is 61.9 Å². The Morgan fingerprint density at radius 3 is 2.59 bits per heavy atom. The standard InChI is InChI=1S/C27H37N3OS/c1-20-5-7-23(8-6-20)19-30-13-14-32-26-10-9-24(16-25(26)30)27(31)28-11-4-12-29-17-21(2)15-22(3)18-29/h5-10,16,21-22H,4,11-15,17-19H2,1-3H3,(H,28,31)/t21-,22-/m1/s1. The maximum absolute atomic E-state index is 12.8. The number of aryl methyl sites for hydroxylation is 1. The Morgan fingerprint density at radius 1 is 1.09 bits per heavy atom. The first-order chi connectivity index (χ1) is 15.5. The number of amides is 1. The van der Waals surface area contributed by atoms with Crippen LogP contribution >= 0.6 is 11.8 Å². The predicted octanol–water partition coefficient (Wildman–Crippen LogP) is 5.21.